The molecule has 0 aliphatic rings. The van der Waals surface area contributed by atoms with Gasteiger partial charge in [0, 0.05) is 32.7 Å². The molecule has 10 aromatic rings. The van der Waals surface area contributed by atoms with Gasteiger partial charge in [-0.2, -0.15) is 31.6 Å². The molecule has 2 heterocycles. The van der Waals surface area contributed by atoms with Gasteiger partial charge in [0.15, 0.2) is 0 Å². The van der Waals surface area contributed by atoms with Crippen molar-refractivity contribution in [3.8, 4) is 50.8 Å². The second kappa shape index (κ2) is 13.8. The summed E-state index contributed by atoms with van der Waals surface area (Å²) in [5, 5.41) is 13.6. The van der Waals surface area contributed by atoms with E-state index in [9.17, 15) is 5.26 Å². The number of alkyl halides is 6. The molecule has 0 N–H and O–H groups in total. The first-order valence-electron chi connectivity index (χ1n) is 19.0. The molecule has 0 bridgehead atoms. The molecule has 10 rings (SSSR count). The third kappa shape index (κ3) is 5.91. The lowest BCUT2D eigenvalue weighted by atomic mass is 9.89. The molecule has 2 aromatic heterocycles. The normalized spacial score (nSPS) is 12.2. The van der Waals surface area contributed by atoms with Crippen LogP contribution in [0.15, 0.2) is 176 Å². The van der Waals surface area contributed by atoms with Crippen LogP contribution in [0.25, 0.3) is 88.4 Å². The van der Waals surface area contributed by atoms with Crippen LogP contribution in [0.4, 0.5) is 26.3 Å². The summed E-state index contributed by atoms with van der Waals surface area (Å²) in [6.07, 6.45) is -10.4. The topological polar surface area (TPSA) is 33.6 Å². The fourth-order valence-corrected chi connectivity index (χ4v) is 8.66. The lowest BCUT2D eigenvalue weighted by Gasteiger charge is -2.25. The Morgan fingerprint density at radius 1 is 0.367 bits per heavy atom. The predicted octanol–water partition coefficient (Wildman–Crippen LogP) is 14.8. The molecular formula is C51H29F6N3. The first-order chi connectivity index (χ1) is 29.0. The minimum atomic E-state index is -5.20. The summed E-state index contributed by atoms with van der Waals surface area (Å²) in [5.41, 5.74) is 1.48. The van der Waals surface area contributed by atoms with E-state index in [1.807, 2.05) is 121 Å². The standard InChI is InChI=1S/C51H29F6N3/c52-50(53,54)40-18-11-19-41(51(55,56)57)48(40)49-46(59-42-20-9-7-16-36(42)38-28-34(22-24-44(38)59)32-12-3-1-4-13-32)26-31(30-58)27-47(49)60-43-21-10-8-17-37(43)39-29-35(23-25-45(39)60)33-14-5-2-6-15-33/h1-29H. The van der Waals surface area contributed by atoms with Crippen molar-refractivity contribution in [3.63, 3.8) is 0 Å². The van der Waals surface area contributed by atoms with E-state index in [-0.39, 0.29) is 22.5 Å². The molecule has 60 heavy (non-hydrogen) atoms. The molecule has 0 aliphatic heterocycles. The van der Waals surface area contributed by atoms with Crippen LogP contribution in [0, 0.1) is 11.3 Å². The summed E-state index contributed by atoms with van der Waals surface area (Å²) in [4.78, 5) is 0. The first kappa shape index (κ1) is 36.7. The summed E-state index contributed by atoms with van der Waals surface area (Å²) in [6.45, 7) is 0. The average molecular weight is 798 g/mol. The van der Waals surface area contributed by atoms with E-state index < -0.39 is 29.0 Å². The van der Waals surface area contributed by atoms with Crippen LogP contribution < -0.4 is 0 Å². The summed E-state index contributed by atoms with van der Waals surface area (Å²) < 4.78 is 95.7. The molecular weight excluding hydrogens is 769 g/mol. The maximum atomic E-state index is 15.4. The quantitative estimate of drug-likeness (QED) is 0.160. The van der Waals surface area contributed by atoms with Gasteiger partial charge in [-0.25, -0.2) is 0 Å². The molecule has 0 spiro atoms. The van der Waals surface area contributed by atoms with Crippen molar-refractivity contribution in [2.45, 2.75) is 12.4 Å². The van der Waals surface area contributed by atoms with E-state index in [0.29, 0.717) is 34.2 Å². The van der Waals surface area contributed by atoms with Crippen LogP contribution in [0.3, 0.4) is 0 Å². The zero-order valence-corrected chi connectivity index (χ0v) is 31.4. The van der Waals surface area contributed by atoms with Gasteiger partial charge in [0.2, 0.25) is 0 Å². The molecule has 9 heteroatoms. The molecule has 0 saturated heterocycles. The lowest BCUT2D eigenvalue weighted by molar-refractivity contribution is -0.142. The van der Waals surface area contributed by atoms with Crippen molar-refractivity contribution in [2.24, 2.45) is 0 Å². The minimum Gasteiger partial charge on any atom is -0.308 e. The SMILES string of the molecule is N#Cc1cc(-n2c3ccccc3c3cc(-c4ccccc4)ccc32)c(-c2c(C(F)(F)F)cccc2C(F)(F)F)c(-n2c3ccccc3c3cc(-c4ccccc4)ccc32)c1. The Hall–Kier alpha value is -7.57. The second-order valence-corrected chi connectivity index (χ2v) is 14.6. The van der Waals surface area contributed by atoms with Crippen molar-refractivity contribution < 1.29 is 26.3 Å². The molecule has 290 valence electrons. The van der Waals surface area contributed by atoms with Crippen molar-refractivity contribution in [1.29, 1.82) is 5.26 Å². The van der Waals surface area contributed by atoms with E-state index in [1.54, 1.807) is 33.4 Å². The average Bonchev–Trinajstić information content (AvgIpc) is 3.78. The predicted molar refractivity (Wildman–Crippen MR) is 226 cm³/mol. The highest BCUT2D eigenvalue weighted by molar-refractivity contribution is 6.13. The van der Waals surface area contributed by atoms with Gasteiger partial charge in [0.25, 0.3) is 0 Å². The van der Waals surface area contributed by atoms with Gasteiger partial charge in [0.1, 0.15) is 0 Å². The largest absolute Gasteiger partial charge is 0.417 e. The molecule has 8 aromatic carbocycles. The Morgan fingerprint density at radius 2 is 0.767 bits per heavy atom. The Bertz CT molecular complexity index is 3140. The van der Waals surface area contributed by atoms with Crippen molar-refractivity contribution in [3.05, 3.63) is 193 Å². The van der Waals surface area contributed by atoms with Crippen LogP contribution >= 0.6 is 0 Å². The van der Waals surface area contributed by atoms with Crippen LogP contribution in [-0.2, 0) is 12.4 Å². The summed E-state index contributed by atoms with van der Waals surface area (Å²) in [5.74, 6) is 0. The molecule has 3 nitrogen and oxygen atoms in total. The van der Waals surface area contributed by atoms with Crippen LogP contribution in [0.1, 0.15) is 16.7 Å². The summed E-state index contributed by atoms with van der Waals surface area (Å²) in [7, 11) is 0. The van der Waals surface area contributed by atoms with Crippen LogP contribution in [-0.4, -0.2) is 9.13 Å². The Balaban J connectivity index is 1.40. The maximum Gasteiger partial charge on any atom is 0.417 e. The van der Waals surface area contributed by atoms with Gasteiger partial charge < -0.3 is 9.13 Å². The van der Waals surface area contributed by atoms with Crippen LogP contribution in [0.2, 0.25) is 0 Å². The van der Waals surface area contributed by atoms with Gasteiger partial charge in [-0.05, 0) is 82.9 Å². The zero-order chi connectivity index (χ0) is 41.3. The van der Waals surface area contributed by atoms with Gasteiger partial charge in [-0.15, -0.1) is 0 Å². The van der Waals surface area contributed by atoms with Crippen molar-refractivity contribution in [1.82, 2.24) is 9.13 Å². The molecule has 0 amide bonds. The van der Waals surface area contributed by atoms with Gasteiger partial charge in [-0.1, -0.05) is 115 Å². The number of nitrogens with zero attached hydrogens (tertiary/aromatic N) is 3. The zero-order valence-electron chi connectivity index (χ0n) is 31.4. The summed E-state index contributed by atoms with van der Waals surface area (Å²) in [6, 6.07) is 52.3. The van der Waals surface area contributed by atoms with Crippen molar-refractivity contribution >= 4 is 43.6 Å². The molecule has 0 aliphatic carbocycles. The lowest BCUT2D eigenvalue weighted by Crippen LogP contribution is -2.16. The van der Waals surface area contributed by atoms with Gasteiger partial charge >= 0.3 is 12.4 Å². The Morgan fingerprint density at radius 3 is 1.18 bits per heavy atom. The van der Waals surface area contributed by atoms with E-state index in [1.165, 1.54) is 12.1 Å². The maximum absolute atomic E-state index is 15.4. The highest BCUT2D eigenvalue weighted by Crippen LogP contribution is 2.50. The smallest absolute Gasteiger partial charge is 0.308 e. The number of halogens is 6. The molecule has 0 fully saturated rings. The fourth-order valence-electron chi connectivity index (χ4n) is 8.66. The monoisotopic (exact) mass is 797 g/mol. The number of hydrogen-bond acceptors (Lipinski definition) is 1. The van der Waals surface area contributed by atoms with E-state index in [0.717, 1.165) is 49.9 Å². The number of hydrogen-bond donors (Lipinski definition) is 0. The Labute approximate surface area is 339 Å². The molecule has 0 unspecified atom stereocenters. The third-order valence-corrected chi connectivity index (χ3v) is 11.2. The number of fused-ring (bicyclic) bond motifs is 6. The Kier molecular flexibility index (Phi) is 8.44. The van der Waals surface area contributed by atoms with Crippen LogP contribution in [0.5, 0.6) is 0 Å². The summed E-state index contributed by atoms with van der Waals surface area (Å²) >= 11 is 0. The number of rotatable bonds is 5. The third-order valence-electron chi connectivity index (χ3n) is 11.2. The van der Waals surface area contributed by atoms with E-state index >= 15 is 26.3 Å². The molecule has 0 saturated carbocycles. The van der Waals surface area contributed by atoms with E-state index in [4.69, 9.17) is 0 Å². The molecule has 0 radical (unpaired) electrons. The number of aromatic nitrogens is 2. The van der Waals surface area contributed by atoms with Crippen molar-refractivity contribution in [2.75, 3.05) is 0 Å². The second-order valence-electron chi connectivity index (χ2n) is 14.6. The van der Waals surface area contributed by atoms with Gasteiger partial charge in [-0.3, -0.25) is 0 Å². The highest BCUT2D eigenvalue weighted by Gasteiger charge is 2.43. The minimum absolute atomic E-state index is 0.0169. The first-order valence-corrected chi connectivity index (χ1v) is 19.0. The fraction of sp³-hybridized carbons (Fsp3) is 0.0392. The highest BCUT2D eigenvalue weighted by atomic mass is 19.4. The number of para-hydroxylation sites is 2. The van der Waals surface area contributed by atoms with Gasteiger partial charge in [0.05, 0.1) is 56.2 Å². The van der Waals surface area contributed by atoms with E-state index in [2.05, 4.69) is 6.07 Å². The molecule has 0 atom stereocenters. The number of benzene rings is 8. The number of nitriles is 1.